The quantitative estimate of drug-likeness (QED) is 0.765. The summed E-state index contributed by atoms with van der Waals surface area (Å²) in [6.45, 7) is 1.98. The van der Waals surface area contributed by atoms with Gasteiger partial charge in [-0.05, 0) is 29.1 Å². The lowest BCUT2D eigenvalue weighted by Gasteiger charge is -2.05. The molecule has 0 spiro atoms. The van der Waals surface area contributed by atoms with Crippen molar-refractivity contribution in [1.29, 1.82) is 0 Å². The number of benzene rings is 1. The van der Waals surface area contributed by atoms with Crippen LogP contribution in [0.4, 0.5) is 10.1 Å². The number of aromatic nitrogens is 3. The molecule has 2 aromatic heterocycles. The van der Waals surface area contributed by atoms with Crippen LogP contribution in [0.25, 0.3) is 11.0 Å². The van der Waals surface area contributed by atoms with Gasteiger partial charge in [0.05, 0.1) is 5.69 Å². The van der Waals surface area contributed by atoms with E-state index < -0.39 is 0 Å². The van der Waals surface area contributed by atoms with Crippen LogP contribution in [0.1, 0.15) is 21.6 Å². The van der Waals surface area contributed by atoms with Crippen molar-refractivity contribution in [2.45, 2.75) is 13.5 Å². The molecule has 7 heteroatoms. The predicted molar refractivity (Wildman–Crippen MR) is 84.0 cm³/mol. The van der Waals surface area contributed by atoms with Gasteiger partial charge in [-0.1, -0.05) is 12.1 Å². The van der Waals surface area contributed by atoms with Crippen LogP contribution in [-0.2, 0) is 13.6 Å². The summed E-state index contributed by atoms with van der Waals surface area (Å²) in [5, 5.41) is 2.80. The largest absolute Gasteiger partial charge is 0.394 e. The Morgan fingerprint density at radius 3 is 3.00 bits per heavy atom. The van der Waals surface area contributed by atoms with E-state index >= 15 is 0 Å². The number of nitrogen functional groups attached to an aromatic ring is 1. The van der Waals surface area contributed by atoms with Gasteiger partial charge in [0.2, 0.25) is 0 Å². The Hall–Kier alpha value is -2.96. The third-order valence-electron chi connectivity index (χ3n) is 3.73. The second kappa shape index (κ2) is 5.68. The molecule has 1 amide bonds. The van der Waals surface area contributed by atoms with E-state index in [1.807, 2.05) is 0 Å². The van der Waals surface area contributed by atoms with Crippen LogP contribution in [0.2, 0.25) is 0 Å². The minimum atomic E-state index is -0.313. The van der Waals surface area contributed by atoms with Crippen LogP contribution >= 0.6 is 0 Å². The van der Waals surface area contributed by atoms with E-state index in [0.717, 1.165) is 5.56 Å². The van der Waals surface area contributed by atoms with Crippen LogP contribution in [0, 0.1) is 12.7 Å². The van der Waals surface area contributed by atoms with Gasteiger partial charge in [0.1, 0.15) is 11.3 Å². The molecule has 3 rings (SSSR count). The maximum atomic E-state index is 13.3. The van der Waals surface area contributed by atoms with Gasteiger partial charge >= 0.3 is 0 Å². The van der Waals surface area contributed by atoms with Crippen LogP contribution in [0.5, 0.6) is 0 Å². The summed E-state index contributed by atoms with van der Waals surface area (Å²) in [7, 11) is 1.80. The van der Waals surface area contributed by atoms with Gasteiger partial charge in [0.25, 0.3) is 17.9 Å². The normalized spacial score (nSPS) is 10.9. The van der Waals surface area contributed by atoms with E-state index in [1.165, 1.54) is 12.4 Å². The number of amides is 1. The predicted octanol–water partition coefficient (Wildman–Crippen LogP) is 1.35. The first-order valence-corrected chi connectivity index (χ1v) is 7.12. The summed E-state index contributed by atoms with van der Waals surface area (Å²) in [5.74, 6) is -0.575. The van der Waals surface area contributed by atoms with Gasteiger partial charge in [0, 0.05) is 19.8 Å². The standard InChI is InChI=1S/C16H16FN5O/c1-9-5-10(3-4-11(9)17)6-19-16(23)14-15-13(20-8-21-14)12(18)7-22(15)2/h3-5,7-8H,6,18H2,1-2H3,(H,19,23)/p+1. The topological polar surface area (TPSA) is 87.1 Å². The number of aromatic amines is 1. The van der Waals surface area contributed by atoms with Gasteiger partial charge in [-0.15, -0.1) is 0 Å². The molecule has 0 aliphatic heterocycles. The number of aryl methyl sites for hydroxylation is 2. The molecule has 4 N–H and O–H groups in total. The van der Waals surface area contributed by atoms with Gasteiger partial charge < -0.3 is 15.6 Å². The molecule has 23 heavy (non-hydrogen) atoms. The number of hydrogen-bond acceptors (Lipinski definition) is 3. The Kier molecular flexibility index (Phi) is 3.69. The Morgan fingerprint density at radius 2 is 2.26 bits per heavy atom. The Labute approximate surface area is 132 Å². The molecular formula is C16H17FN5O+. The van der Waals surface area contributed by atoms with Crippen molar-refractivity contribution in [2.75, 3.05) is 5.73 Å². The molecule has 0 bridgehead atoms. The fourth-order valence-electron chi connectivity index (χ4n) is 2.56. The monoisotopic (exact) mass is 314 g/mol. The van der Waals surface area contributed by atoms with Crippen molar-refractivity contribution in [1.82, 2.24) is 14.9 Å². The minimum absolute atomic E-state index is 0.263. The van der Waals surface area contributed by atoms with Gasteiger partial charge in [-0.3, -0.25) is 4.79 Å². The minimum Gasteiger partial charge on any atom is -0.394 e. The van der Waals surface area contributed by atoms with Crippen molar-refractivity contribution >= 4 is 22.6 Å². The summed E-state index contributed by atoms with van der Waals surface area (Å²) < 4.78 is 15.0. The molecule has 1 aromatic carbocycles. The van der Waals surface area contributed by atoms with E-state index in [0.29, 0.717) is 28.8 Å². The molecule has 118 valence electrons. The van der Waals surface area contributed by atoms with Crippen LogP contribution in [0.15, 0.2) is 30.7 Å². The van der Waals surface area contributed by atoms with Crippen LogP contribution in [0.3, 0.4) is 0 Å². The highest BCUT2D eigenvalue weighted by molar-refractivity contribution is 6.04. The van der Waals surface area contributed by atoms with Crippen molar-refractivity contribution in [3.05, 3.63) is 53.4 Å². The lowest BCUT2D eigenvalue weighted by atomic mass is 10.1. The third kappa shape index (κ3) is 2.73. The third-order valence-corrected chi connectivity index (χ3v) is 3.73. The highest BCUT2D eigenvalue weighted by Gasteiger charge is 2.22. The molecule has 0 saturated carbocycles. The van der Waals surface area contributed by atoms with Crippen molar-refractivity contribution < 1.29 is 14.2 Å². The smallest absolute Gasteiger partial charge is 0.298 e. The first kappa shape index (κ1) is 15.0. The zero-order valence-corrected chi connectivity index (χ0v) is 12.9. The van der Waals surface area contributed by atoms with Crippen LogP contribution in [-0.4, -0.2) is 15.5 Å². The van der Waals surface area contributed by atoms with E-state index in [4.69, 9.17) is 5.73 Å². The average molecular weight is 314 g/mol. The number of carbonyl (C=O) groups excluding carboxylic acids is 1. The zero-order chi connectivity index (χ0) is 16.6. The molecule has 6 nitrogen and oxygen atoms in total. The molecule has 0 aliphatic rings. The highest BCUT2D eigenvalue weighted by Crippen LogP contribution is 2.20. The number of nitrogens with one attached hydrogen (secondary N) is 2. The fraction of sp³-hybridized carbons (Fsp3) is 0.188. The molecular weight excluding hydrogens is 297 g/mol. The van der Waals surface area contributed by atoms with E-state index in [9.17, 15) is 9.18 Å². The van der Waals surface area contributed by atoms with Crippen molar-refractivity contribution in [2.24, 2.45) is 7.05 Å². The number of anilines is 1. The van der Waals surface area contributed by atoms with E-state index in [2.05, 4.69) is 15.3 Å². The maximum absolute atomic E-state index is 13.3. The average Bonchev–Trinajstić information content (AvgIpc) is 2.83. The first-order chi connectivity index (χ1) is 11.0. The van der Waals surface area contributed by atoms with E-state index in [-0.39, 0.29) is 17.4 Å². The maximum Gasteiger partial charge on any atom is 0.298 e. The lowest BCUT2D eigenvalue weighted by molar-refractivity contribution is -0.349. The van der Waals surface area contributed by atoms with E-state index in [1.54, 1.807) is 36.9 Å². The number of H-pyrrole nitrogens is 1. The SMILES string of the molecule is Cc1cc(CNC(=O)c2nc[nH+]c3c(N)cn(C)c23)ccc1F. The first-order valence-electron chi connectivity index (χ1n) is 7.12. The Balaban J connectivity index is 1.85. The molecule has 3 aromatic rings. The second-order valence-electron chi connectivity index (χ2n) is 5.44. The molecule has 0 fully saturated rings. The van der Waals surface area contributed by atoms with Gasteiger partial charge in [-0.2, -0.15) is 0 Å². The van der Waals surface area contributed by atoms with Gasteiger partial charge in [-0.25, -0.2) is 9.37 Å². The number of carbonyl (C=O) groups is 1. The number of nitrogens with zero attached hydrogens (tertiary/aromatic N) is 2. The highest BCUT2D eigenvalue weighted by atomic mass is 19.1. The molecule has 0 unspecified atom stereocenters. The summed E-state index contributed by atoms with van der Waals surface area (Å²) >= 11 is 0. The molecule has 0 atom stereocenters. The molecule has 0 saturated heterocycles. The number of fused-ring (bicyclic) bond motifs is 1. The molecule has 0 radical (unpaired) electrons. The Bertz CT molecular complexity index is 903. The zero-order valence-electron chi connectivity index (χ0n) is 12.9. The van der Waals surface area contributed by atoms with Crippen molar-refractivity contribution in [3.63, 3.8) is 0 Å². The summed E-state index contributed by atoms with van der Waals surface area (Å²) in [5.41, 5.74) is 9.41. The second-order valence-corrected chi connectivity index (χ2v) is 5.44. The summed E-state index contributed by atoms with van der Waals surface area (Å²) in [6, 6.07) is 4.74. The Morgan fingerprint density at radius 1 is 1.48 bits per heavy atom. The number of hydrogen-bond donors (Lipinski definition) is 2. The summed E-state index contributed by atoms with van der Waals surface area (Å²) in [6.07, 6.45) is 3.17. The molecule has 2 heterocycles. The number of nitrogens with two attached hydrogens (primary N) is 1. The number of halogens is 1. The van der Waals surface area contributed by atoms with Gasteiger partial charge in [0.15, 0.2) is 5.52 Å². The van der Waals surface area contributed by atoms with Crippen LogP contribution < -0.4 is 16.0 Å². The van der Waals surface area contributed by atoms with Crippen molar-refractivity contribution in [3.8, 4) is 0 Å². The fourth-order valence-corrected chi connectivity index (χ4v) is 2.56. The summed E-state index contributed by atoms with van der Waals surface area (Å²) in [4.78, 5) is 19.5. The molecule has 0 aliphatic carbocycles. The lowest BCUT2D eigenvalue weighted by Crippen LogP contribution is -2.26. The number of rotatable bonds is 3.